The van der Waals surface area contributed by atoms with Gasteiger partial charge >= 0.3 is 5.97 Å². The molecule has 1 unspecified atom stereocenters. The third-order valence-electron chi connectivity index (χ3n) is 4.14. The van der Waals surface area contributed by atoms with Gasteiger partial charge in [-0.2, -0.15) is 0 Å². The average molecular weight is 349 g/mol. The van der Waals surface area contributed by atoms with Gasteiger partial charge in [0.15, 0.2) is 0 Å². The molecular formula is C16H19N3O4S. The molecule has 1 aliphatic heterocycles. The second kappa shape index (κ2) is 7.12. The van der Waals surface area contributed by atoms with Crippen molar-refractivity contribution in [2.45, 2.75) is 26.3 Å². The fraction of sp³-hybridized carbons (Fsp3) is 0.500. The van der Waals surface area contributed by atoms with Gasteiger partial charge in [0.1, 0.15) is 11.2 Å². The second-order valence-electron chi connectivity index (χ2n) is 5.74. The molecule has 8 heteroatoms. The minimum atomic E-state index is -0.280. The highest BCUT2D eigenvalue weighted by molar-refractivity contribution is 7.17. The minimum Gasteiger partial charge on any atom is -0.466 e. The lowest BCUT2D eigenvalue weighted by Crippen LogP contribution is -2.44. The number of thiophene rings is 1. The van der Waals surface area contributed by atoms with Crippen LogP contribution in [0.15, 0.2) is 22.6 Å². The number of likely N-dealkylation sites (tertiary alicyclic amines) is 1. The predicted molar refractivity (Wildman–Crippen MR) is 89.8 cm³/mol. The van der Waals surface area contributed by atoms with Gasteiger partial charge in [0, 0.05) is 13.1 Å². The predicted octanol–water partition coefficient (Wildman–Crippen LogP) is 1.26. The van der Waals surface area contributed by atoms with E-state index in [0.29, 0.717) is 29.9 Å². The number of nitrogens with zero attached hydrogens (tertiary/aromatic N) is 3. The van der Waals surface area contributed by atoms with Crippen molar-refractivity contribution in [2.24, 2.45) is 5.92 Å². The molecular weight excluding hydrogens is 330 g/mol. The lowest BCUT2D eigenvalue weighted by molar-refractivity contribution is -0.151. The number of aromatic nitrogens is 2. The summed E-state index contributed by atoms with van der Waals surface area (Å²) in [5.74, 6) is -0.713. The van der Waals surface area contributed by atoms with Gasteiger partial charge in [-0.3, -0.25) is 19.0 Å². The van der Waals surface area contributed by atoms with Crippen molar-refractivity contribution in [3.63, 3.8) is 0 Å². The highest BCUT2D eigenvalue weighted by atomic mass is 32.1. The smallest absolute Gasteiger partial charge is 0.310 e. The molecule has 0 spiro atoms. The van der Waals surface area contributed by atoms with Crippen LogP contribution in [0.1, 0.15) is 19.8 Å². The van der Waals surface area contributed by atoms with E-state index in [-0.39, 0.29) is 29.9 Å². The van der Waals surface area contributed by atoms with E-state index in [9.17, 15) is 14.4 Å². The van der Waals surface area contributed by atoms with Gasteiger partial charge in [0.05, 0.1) is 24.4 Å². The molecule has 3 heterocycles. The lowest BCUT2D eigenvalue weighted by Gasteiger charge is -2.31. The van der Waals surface area contributed by atoms with Crippen LogP contribution in [0, 0.1) is 5.92 Å². The Kier molecular flexibility index (Phi) is 4.94. The van der Waals surface area contributed by atoms with Crippen molar-refractivity contribution < 1.29 is 14.3 Å². The highest BCUT2D eigenvalue weighted by Gasteiger charge is 2.29. The van der Waals surface area contributed by atoms with Gasteiger partial charge in [-0.1, -0.05) is 0 Å². The van der Waals surface area contributed by atoms with E-state index in [1.54, 1.807) is 23.3 Å². The maximum absolute atomic E-state index is 12.5. The molecule has 1 fully saturated rings. The number of rotatable bonds is 4. The number of carbonyl (C=O) groups is 2. The Balaban J connectivity index is 1.70. The maximum Gasteiger partial charge on any atom is 0.310 e. The van der Waals surface area contributed by atoms with Crippen molar-refractivity contribution in [1.29, 1.82) is 0 Å². The number of amides is 1. The van der Waals surface area contributed by atoms with Gasteiger partial charge in [-0.05, 0) is 31.2 Å². The fourth-order valence-corrected chi connectivity index (χ4v) is 3.69. The van der Waals surface area contributed by atoms with Gasteiger partial charge in [-0.15, -0.1) is 11.3 Å². The molecule has 0 bridgehead atoms. The summed E-state index contributed by atoms with van der Waals surface area (Å²) in [6.07, 6.45) is 2.89. The summed E-state index contributed by atoms with van der Waals surface area (Å²) in [6, 6.07) is 1.78. The Morgan fingerprint density at radius 3 is 3.08 bits per heavy atom. The van der Waals surface area contributed by atoms with E-state index in [0.717, 1.165) is 12.8 Å². The van der Waals surface area contributed by atoms with Crippen molar-refractivity contribution >= 4 is 33.4 Å². The Bertz CT molecular complexity index is 813. The first-order valence-electron chi connectivity index (χ1n) is 7.97. The molecule has 0 aromatic carbocycles. The summed E-state index contributed by atoms with van der Waals surface area (Å²) in [6.45, 7) is 2.99. The first-order chi connectivity index (χ1) is 11.6. The van der Waals surface area contributed by atoms with Gasteiger partial charge in [0.25, 0.3) is 5.56 Å². The zero-order chi connectivity index (χ0) is 17.1. The zero-order valence-electron chi connectivity index (χ0n) is 13.4. The summed E-state index contributed by atoms with van der Waals surface area (Å²) in [5.41, 5.74) is 0.441. The number of piperidine rings is 1. The molecule has 128 valence electrons. The van der Waals surface area contributed by atoms with Crippen molar-refractivity contribution in [3.8, 4) is 0 Å². The number of ether oxygens (including phenoxy) is 1. The van der Waals surface area contributed by atoms with E-state index in [1.165, 1.54) is 22.2 Å². The fourth-order valence-electron chi connectivity index (χ4n) is 2.89. The van der Waals surface area contributed by atoms with Gasteiger partial charge < -0.3 is 9.64 Å². The number of esters is 1. The van der Waals surface area contributed by atoms with Crippen molar-refractivity contribution in [2.75, 3.05) is 19.7 Å². The quantitative estimate of drug-likeness (QED) is 0.776. The molecule has 24 heavy (non-hydrogen) atoms. The Morgan fingerprint density at radius 1 is 1.46 bits per heavy atom. The van der Waals surface area contributed by atoms with Crippen LogP contribution in [0.4, 0.5) is 0 Å². The van der Waals surface area contributed by atoms with Crippen LogP contribution in [-0.4, -0.2) is 46.0 Å². The summed E-state index contributed by atoms with van der Waals surface area (Å²) >= 11 is 1.32. The van der Waals surface area contributed by atoms with Crippen LogP contribution in [0.5, 0.6) is 0 Å². The molecule has 1 amide bonds. The third kappa shape index (κ3) is 3.33. The lowest BCUT2D eigenvalue weighted by atomic mass is 9.98. The number of hydrogen-bond donors (Lipinski definition) is 0. The molecule has 7 nitrogen and oxygen atoms in total. The van der Waals surface area contributed by atoms with Gasteiger partial charge in [-0.25, -0.2) is 4.98 Å². The molecule has 3 rings (SSSR count). The summed E-state index contributed by atoms with van der Waals surface area (Å²) in [7, 11) is 0. The van der Waals surface area contributed by atoms with E-state index in [1.807, 2.05) is 0 Å². The Hall–Kier alpha value is -2.22. The molecule has 0 saturated carbocycles. The summed E-state index contributed by atoms with van der Waals surface area (Å²) in [5, 5.41) is 1.81. The van der Waals surface area contributed by atoms with Gasteiger partial charge in [0.2, 0.25) is 5.91 Å². The monoisotopic (exact) mass is 349 g/mol. The molecule has 0 radical (unpaired) electrons. The molecule has 0 N–H and O–H groups in total. The molecule has 1 saturated heterocycles. The second-order valence-corrected chi connectivity index (χ2v) is 6.66. The van der Waals surface area contributed by atoms with E-state index < -0.39 is 0 Å². The molecule has 1 aliphatic rings. The van der Waals surface area contributed by atoms with Crippen LogP contribution in [-0.2, 0) is 20.9 Å². The maximum atomic E-state index is 12.5. The van der Waals surface area contributed by atoms with Crippen molar-refractivity contribution in [1.82, 2.24) is 14.5 Å². The zero-order valence-corrected chi connectivity index (χ0v) is 14.3. The number of fused-ring (bicyclic) bond motifs is 1. The molecule has 1 atom stereocenters. The normalized spacial score (nSPS) is 17.9. The summed E-state index contributed by atoms with van der Waals surface area (Å²) < 4.78 is 6.92. The first kappa shape index (κ1) is 16.6. The summed E-state index contributed by atoms with van der Waals surface area (Å²) in [4.78, 5) is 42.6. The van der Waals surface area contributed by atoms with Crippen molar-refractivity contribution in [3.05, 3.63) is 28.1 Å². The van der Waals surface area contributed by atoms with Crippen LogP contribution in [0.3, 0.4) is 0 Å². The molecule has 0 aliphatic carbocycles. The minimum absolute atomic E-state index is 0.0603. The standard InChI is InChI=1S/C16H19N3O4S/c1-2-23-16(22)11-4-3-6-18(8-11)13(20)9-19-10-17-12-5-7-24-14(12)15(19)21/h5,7,10-11H,2-4,6,8-9H2,1H3. The SMILES string of the molecule is CCOC(=O)C1CCCN(C(=O)Cn2cnc3ccsc3c2=O)C1. The highest BCUT2D eigenvalue weighted by Crippen LogP contribution is 2.18. The largest absolute Gasteiger partial charge is 0.466 e. The van der Waals surface area contributed by atoms with E-state index in [4.69, 9.17) is 4.74 Å². The topological polar surface area (TPSA) is 81.5 Å². The molecule has 2 aromatic heterocycles. The van der Waals surface area contributed by atoms with E-state index in [2.05, 4.69) is 4.98 Å². The third-order valence-corrected chi connectivity index (χ3v) is 5.03. The average Bonchev–Trinajstić information content (AvgIpc) is 3.07. The molecule has 2 aromatic rings. The number of hydrogen-bond acceptors (Lipinski definition) is 6. The van der Waals surface area contributed by atoms with Crippen LogP contribution < -0.4 is 5.56 Å². The Labute approximate surface area is 142 Å². The van der Waals surface area contributed by atoms with Crippen LogP contribution in [0.25, 0.3) is 10.2 Å². The van der Waals surface area contributed by atoms with E-state index >= 15 is 0 Å². The van der Waals surface area contributed by atoms with Crippen LogP contribution in [0.2, 0.25) is 0 Å². The Morgan fingerprint density at radius 2 is 2.29 bits per heavy atom. The first-order valence-corrected chi connectivity index (χ1v) is 8.85. The number of carbonyl (C=O) groups excluding carboxylic acids is 2. The van der Waals surface area contributed by atoms with Crippen LogP contribution >= 0.6 is 11.3 Å².